The number of imide groups is 1. The second kappa shape index (κ2) is 7.70. The van der Waals surface area contributed by atoms with E-state index in [-0.39, 0.29) is 11.3 Å². The number of benzene rings is 2. The van der Waals surface area contributed by atoms with Crippen LogP contribution in [0, 0.1) is 5.82 Å². The third-order valence-corrected chi connectivity index (χ3v) is 4.79. The topological polar surface area (TPSA) is 122 Å². The predicted octanol–water partition coefficient (Wildman–Crippen LogP) is 1.72. The van der Waals surface area contributed by atoms with E-state index in [0.29, 0.717) is 12.0 Å². The van der Waals surface area contributed by atoms with E-state index in [1.165, 1.54) is 6.07 Å². The number of hydrogen-bond acceptors (Lipinski definition) is 4. The van der Waals surface area contributed by atoms with Gasteiger partial charge in [0.05, 0.1) is 5.56 Å². The van der Waals surface area contributed by atoms with Crippen LogP contribution >= 0.6 is 0 Å². The number of rotatable bonds is 6. The third-order valence-electron chi connectivity index (χ3n) is 4.79. The lowest BCUT2D eigenvalue weighted by molar-refractivity contribution is -0.134. The molecule has 0 saturated carbocycles. The molecular weight excluding hydrogens is 379 g/mol. The molecule has 0 radical (unpaired) electrons. The number of carbonyl (C=O) groups excluding carboxylic acids is 4. The Morgan fingerprint density at radius 2 is 1.86 bits per heavy atom. The lowest BCUT2D eigenvalue weighted by Crippen LogP contribution is -2.44. The van der Waals surface area contributed by atoms with E-state index in [9.17, 15) is 23.6 Å². The Labute approximate surface area is 165 Å². The number of nitrogens with zero attached hydrogens (tertiary/aromatic N) is 1. The second-order valence-electron chi connectivity index (χ2n) is 6.55. The van der Waals surface area contributed by atoms with Crippen LogP contribution in [0.1, 0.15) is 29.3 Å². The van der Waals surface area contributed by atoms with E-state index in [1.54, 1.807) is 37.3 Å². The minimum absolute atomic E-state index is 0.113. The summed E-state index contributed by atoms with van der Waals surface area (Å²) in [5, 5.41) is 5.11. The normalized spacial score (nSPS) is 18.5. The van der Waals surface area contributed by atoms with Gasteiger partial charge < -0.3 is 16.4 Å². The first-order valence-electron chi connectivity index (χ1n) is 8.87. The Morgan fingerprint density at radius 1 is 1.17 bits per heavy atom. The summed E-state index contributed by atoms with van der Waals surface area (Å²) in [6.45, 7) is 1.22. The van der Waals surface area contributed by atoms with E-state index in [0.717, 1.165) is 17.0 Å². The van der Waals surface area contributed by atoms with Crippen LogP contribution in [0.5, 0.6) is 0 Å². The molecule has 1 aliphatic rings. The van der Waals surface area contributed by atoms with Crippen LogP contribution in [0.2, 0.25) is 0 Å². The molecule has 1 aliphatic heterocycles. The van der Waals surface area contributed by atoms with Crippen molar-refractivity contribution >= 4 is 29.4 Å². The molecule has 2 aromatic rings. The maximum Gasteiger partial charge on any atom is 0.325 e. The highest BCUT2D eigenvalue weighted by molar-refractivity contribution is 6.10. The van der Waals surface area contributed by atoms with Crippen LogP contribution < -0.4 is 16.4 Å². The van der Waals surface area contributed by atoms with Crippen LogP contribution in [0.15, 0.2) is 48.5 Å². The number of anilines is 1. The van der Waals surface area contributed by atoms with Crippen molar-refractivity contribution in [1.82, 2.24) is 10.2 Å². The molecule has 2 aromatic carbocycles. The fourth-order valence-corrected chi connectivity index (χ4v) is 3.27. The molecule has 8 nitrogen and oxygen atoms in total. The van der Waals surface area contributed by atoms with Gasteiger partial charge >= 0.3 is 6.03 Å². The quantitative estimate of drug-likeness (QED) is 0.642. The van der Waals surface area contributed by atoms with Crippen molar-refractivity contribution in [2.75, 3.05) is 11.9 Å². The molecule has 1 unspecified atom stereocenters. The van der Waals surface area contributed by atoms with Gasteiger partial charge in [-0.15, -0.1) is 0 Å². The molecule has 3 rings (SSSR count). The molecule has 1 atom stereocenters. The minimum atomic E-state index is -1.24. The smallest absolute Gasteiger partial charge is 0.325 e. The Morgan fingerprint density at radius 3 is 2.48 bits per heavy atom. The summed E-state index contributed by atoms with van der Waals surface area (Å²) in [4.78, 5) is 49.8. The number of amides is 5. The van der Waals surface area contributed by atoms with Crippen molar-refractivity contribution in [3.63, 3.8) is 0 Å². The third kappa shape index (κ3) is 3.66. The van der Waals surface area contributed by atoms with E-state index < -0.39 is 41.7 Å². The number of halogens is 1. The molecule has 5 amide bonds. The van der Waals surface area contributed by atoms with E-state index in [4.69, 9.17) is 5.73 Å². The Balaban J connectivity index is 1.77. The molecule has 9 heteroatoms. The van der Waals surface area contributed by atoms with Gasteiger partial charge in [0, 0.05) is 5.69 Å². The van der Waals surface area contributed by atoms with Crippen LogP contribution in [0.4, 0.5) is 14.9 Å². The number of carbonyl (C=O) groups is 4. The first-order chi connectivity index (χ1) is 13.8. The van der Waals surface area contributed by atoms with Gasteiger partial charge in [0.1, 0.15) is 17.9 Å². The lowest BCUT2D eigenvalue weighted by atomic mass is 9.87. The largest absolute Gasteiger partial charge is 0.366 e. The predicted molar refractivity (Wildman–Crippen MR) is 102 cm³/mol. The fourth-order valence-electron chi connectivity index (χ4n) is 3.27. The van der Waals surface area contributed by atoms with Crippen molar-refractivity contribution in [2.45, 2.75) is 18.9 Å². The van der Waals surface area contributed by atoms with E-state index in [2.05, 4.69) is 10.6 Å². The number of nitrogens with two attached hydrogens (primary N) is 1. The molecule has 0 spiro atoms. The van der Waals surface area contributed by atoms with Crippen molar-refractivity contribution in [3.8, 4) is 0 Å². The first-order valence-corrected chi connectivity index (χ1v) is 8.87. The van der Waals surface area contributed by atoms with Crippen molar-refractivity contribution in [1.29, 1.82) is 0 Å². The van der Waals surface area contributed by atoms with E-state index >= 15 is 0 Å². The number of hydrogen-bond donors (Lipinski definition) is 3. The average molecular weight is 398 g/mol. The first kappa shape index (κ1) is 20.0. The Hall–Kier alpha value is -3.75. The van der Waals surface area contributed by atoms with Gasteiger partial charge in [0.2, 0.25) is 5.91 Å². The van der Waals surface area contributed by atoms with Gasteiger partial charge in [-0.1, -0.05) is 37.3 Å². The zero-order chi connectivity index (χ0) is 21.2. The summed E-state index contributed by atoms with van der Waals surface area (Å²) < 4.78 is 13.6. The molecule has 150 valence electrons. The lowest BCUT2D eigenvalue weighted by Gasteiger charge is -2.25. The molecule has 1 heterocycles. The number of urea groups is 1. The molecule has 29 heavy (non-hydrogen) atoms. The van der Waals surface area contributed by atoms with Crippen LogP contribution in [0.3, 0.4) is 0 Å². The summed E-state index contributed by atoms with van der Waals surface area (Å²) >= 11 is 0. The highest BCUT2D eigenvalue weighted by Gasteiger charge is 2.51. The molecule has 0 aliphatic carbocycles. The van der Waals surface area contributed by atoms with Crippen molar-refractivity contribution in [2.24, 2.45) is 5.73 Å². The Bertz CT molecular complexity index is 995. The van der Waals surface area contributed by atoms with Gasteiger partial charge in [0.25, 0.3) is 11.8 Å². The standard InChI is InChI=1S/C20H19FN4O4/c1-2-20(12-6-4-3-5-7-12)18(28)25(19(29)24-20)11-16(26)23-13-8-9-15(21)14(10-13)17(22)27/h3-10H,2,11H2,1H3,(H2,22,27)(H,23,26)(H,24,29). The maximum atomic E-state index is 13.6. The zero-order valence-electron chi connectivity index (χ0n) is 15.6. The molecule has 1 fully saturated rings. The fraction of sp³-hybridized carbons (Fsp3) is 0.200. The van der Waals surface area contributed by atoms with Crippen LogP contribution in [-0.2, 0) is 15.1 Å². The average Bonchev–Trinajstić information content (AvgIpc) is 2.95. The van der Waals surface area contributed by atoms with Crippen molar-refractivity contribution in [3.05, 3.63) is 65.5 Å². The van der Waals surface area contributed by atoms with Gasteiger partial charge in [-0.2, -0.15) is 0 Å². The second-order valence-corrected chi connectivity index (χ2v) is 6.55. The maximum absolute atomic E-state index is 13.6. The van der Waals surface area contributed by atoms with Gasteiger partial charge in [-0.3, -0.25) is 19.3 Å². The summed E-state index contributed by atoms with van der Waals surface area (Å²) in [6, 6.07) is 11.4. The van der Waals surface area contributed by atoms with Gasteiger partial charge in [-0.05, 0) is 30.2 Å². The highest BCUT2D eigenvalue weighted by atomic mass is 19.1. The SMILES string of the molecule is CCC1(c2ccccc2)NC(=O)N(CC(=O)Nc2ccc(F)c(C(N)=O)c2)C1=O. The monoisotopic (exact) mass is 398 g/mol. The van der Waals surface area contributed by atoms with E-state index in [1.807, 2.05) is 0 Å². The summed E-state index contributed by atoms with van der Waals surface area (Å²) in [7, 11) is 0. The highest BCUT2D eigenvalue weighted by Crippen LogP contribution is 2.32. The summed E-state index contributed by atoms with van der Waals surface area (Å²) in [5.41, 5.74) is 4.19. The Kier molecular flexibility index (Phi) is 5.31. The van der Waals surface area contributed by atoms with Crippen LogP contribution in [-0.4, -0.2) is 35.2 Å². The van der Waals surface area contributed by atoms with Gasteiger partial charge in [-0.25, -0.2) is 9.18 Å². The molecule has 0 bridgehead atoms. The minimum Gasteiger partial charge on any atom is -0.366 e. The molecular formula is C20H19FN4O4. The zero-order valence-corrected chi connectivity index (χ0v) is 15.6. The summed E-state index contributed by atoms with van der Waals surface area (Å²) in [5.74, 6) is -3.03. The molecule has 4 N–H and O–H groups in total. The molecule has 1 saturated heterocycles. The number of primary amides is 1. The van der Waals surface area contributed by atoms with Crippen LogP contribution in [0.25, 0.3) is 0 Å². The molecule has 0 aromatic heterocycles. The summed E-state index contributed by atoms with van der Waals surface area (Å²) in [6.07, 6.45) is 0.305. The van der Waals surface area contributed by atoms with Crippen molar-refractivity contribution < 1.29 is 23.6 Å². The number of nitrogens with one attached hydrogen (secondary N) is 2. The van der Waals surface area contributed by atoms with Gasteiger partial charge in [0.15, 0.2) is 0 Å².